The quantitative estimate of drug-likeness (QED) is 0.0182. The van der Waals surface area contributed by atoms with Crippen LogP contribution in [0.15, 0.2) is 279 Å². The Kier molecular flexibility index (Phi) is 16.4. The molecule has 0 saturated heterocycles. The SMILES string of the molecule is Nc1cc(C2(c3ccc(O)c(NCC(O)COc4ccc(C5(c6ccc(OCC(O)CNc7cc(C8(c9ccc(O)c(NC(=O)/C=C/C(=O)O)c9)c9ccccc9-c9ccccc98)ccc7O)cc6)c6ccccc6-c6ccccc65)cc4)c3)c3ccccc3-c3ccccc32)ccc1O. The number of hydrogen-bond acceptors (Lipinski definition) is 13. The molecule has 12 N–H and O–H groups in total. The summed E-state index contributed by atoms with van der Waals surface area (Å²) >= 11 is 0. The van der Waals surface area contributed by atoms with Gasteiger partial charge in [-0.3, -0.25) is 4.79 Å². The number of anilines is 4. The van der Waals surface area contributed by atoms with Crippen LogP contribution in [-0.2, 0) is 25.8 Å². The lowest BCUT2D eigenvalue weighted by molar-refractivity contribution is -0.131. The highest BCUT2D eigenvalue weighted by Gasteiger charge is 2.49. The number of carboxylic acids is 1. The first-order chi connectivity index (χ1) is 48.7. The second-order valence-electron chi connectivity index (χ2n) is 25.4. The van der Waals surface area contributed by atoms with Gasteiger partial charge in [-0.2, -0.15) is 0 Å². The molecule has 3 aliphatic rings. The standard InChI is InChI=1S/C85H68N4O11/c86-73-43-53(29-37-77(73)92)84(69-21-9-3-15-63(69)64-16-4-10-22-70(64)84)54-30-38-78(93)74(44-54)87-47-57(90)49-99-59-33-25-51(26-34-59)83(67-19-7-1-13-61(67)62-14-2-8-20-68(62)83)52-27-35-60(36-28-52)100-50-58(91)48-88-75-45-55(31-39-79(75)94)85(71-23-11-5-17-65(71)66-18-6-12-24-72(66)85)56-32-40-80(95)76(46-56)89-81(96)41-42-82(97)98/h1-46,57-58,87-88,90-95H,47-50,86H2,(H,89,96)(H,97,98)/b42-41+. The second kappa shape index (κ2) is 25.8. The predicted molar refractivity (Wildman–Crippen MR) is 388 cm³/mol. The van der Waals surface area contributed by atoms with Crippen LogP contribution in [0.25, 0.3) is 33.4 Å². The van der Waals surface area contributed by atoms with Crippen LogP contribution >= 0.6 is 0 Å². The number of carbonyl (C=O) groups excluding carboxylic acids is 1. The maximum atomic E-state index is 12.9. The number of phenols is 4. The number of phenolic OH excluding ortho intramolecular Hbond substituents is 4. The number of ether oxygens (including phenoxy) is 2. The summed E-state index contributed by atoms with van der Waals surface area (Å²) in [6.45, 7) is -0.102. The van der Waals surface area contributed by atoms with Crippen molar-refractivity contribution >= 4 is 34.6 Å². The fraction of sp³-hybridized carbons (Fsp3) is 0.106. The van der Waals surface area contributed by atoms with E-state index in [0.29, 0.717) is 34.5 Å². The highest BCUT2D eigenvalue weighted by atomic mass is 16.5. The smallest absolute Gasteiger partial charge is 0.328 e. The zero-order chi connectivity index (χ0) is 68.9. The molecule has 0 saturated carbocycles. The van der Waals surface area contributed by atoms with Crippen molar-refractivity contribution in [2.24, 2.45) is 0 Å². The number of aromatic hydroxyl groups is 4. The minimum Gasteiger partial charge on any atom is -0.506 e. The number of aliphatic carboxylic acids is 1. The minimum atomic E-state index is -1.30. The maximum absolute atomic E-state index is 12.9. The number of nitrogens with one attached hydrogen (secondary N) is 3. The Bertz CT molecular complexity index is 5070. The first-order valence-electron chi connectivity index (χ1n) is 32.9. The Labute approximate surface area is 576 Å². The van der Waals surface area contributed by atoms with Gasteiger partial charge in [-0.25, -0.2) is 4.79 Å². The maximum Gasteiger partial charge on any atom is 0.328 e. The van der Waals surface area contributed by atoms with Crippen LogP contribution in [0, 0.1) is 0 Å². The van der Waals surface area contributed by atoms with Gasteiger partial charge in [0.2, 0.25) is 5.91 Å². The Morgan fingerprint density at radius 1 is 0.370 bits per heavy atom. The van der Waals surface area contributed by atoms with Gasteiger partial charge in [0, 0.05) is 25.2 Å². The second-order valence-corrected chi connectivity index (χ2v) is 25.4. The highest BCUT2D eigenvalue weighted by Crippen LogP contribution is 2.60. The number of amides is 1. The number of rotatable bonds is 21. The molecule has 15 heteroatoms. The number of nitrogens with two attached hydrogens (primary N) is 1. The number of fused-ring (bicyclic) bond motifs is 9. The van der Waals surface area contributed by atoms with Gasteiger partial charge in [-0.05, 0) is 173 Å². The van der Waals surface area contributed by atoms with Gasteiger partial charge in [0.05, 0.1) is 39.0 Å². The molecule has 2 atom stereocenters. The molecule has 494 valence electrons. The van der Waals surface area contributed by atoms with E-state index in [2.05, 4.69) is 101 Å². The predicted octanol–water partition coefficient (Wildman–Crippen LogP) is 14.5. The molecule has 3 aliphatic carbocycles. The molecule has 1 amide bonds. The van der Waals surface area contributed by atoms with Gasteiger partial charge in [0.25, 0.3) is 0 Å². The molecule has 0 bridgehead atoms. The van der Waals surface area contributed by atoms with E-state index in [-0.39, 0.29) is 60.7 Å². The van der Waals surface area contributed by atoms with Crippen molar-refractivity contribution < 1.29 is 54.8 Å². The highest BCUT2D eigenvalue weighted by molar-refractivity contribution is 6.03. The van der Waals surface area contributed by atoms with E-state index in [0.717, 1.165) is 101 Å². The van der Waals surface area contributed by atoms with E-state index < -0.39 is 40.3 Å². The van der Waals surface area contributed by atoms with Crippen molar-refractivity contribution in [3.8, 4) is 67.9 Å². The Morgan fingerprint density at radius 2 is 0.660 bits per heavy atom. The third-order valence-corrected chi connectivity index (χ3v) is 19.8. The zero-order valence-corrected chi connectivity index (χ0v) is 53.9. The molecule has 0 fully saturated rings. The van der Waals surface area contributed by atoms with E-state index in [1.54, 1.807) is 36.4 Å². The average Bonchev–Trinajstić information content (AvgIpc) is 1.53. The number of aliphatic hydroxyl groups is 2. The lowest BCUT2D eigenvalue weighted by Crippen LogP contribution is -2.29. The fourth-order valence-corrected chi connectivity index (χ4v) is 15.4. The molecule has 2 unspecified atom stereocenters. The molecule has 12 aromatic rings. The lowest BCUT2D eigenvalue weighted by atomic mass is 9.67. The topological polar surface area (TPSA) is 256 Å². The van der Waals surface area contributed by atoms with Gasteiger partial charge in [-0.1, -0.05) is 194 Å². The summed E-state index contributed by atoms with van der Waals surface area (Å²) in [5, 5.41) is 85.8. The number of carbonyl (C=O) groups is 2. The average molecular weight is 1320 g/mol. The number of carboxylic acid groups (broad SMARTS) is 1. The van der Waals surface area contributed by atoms with E-state index >= 15 is 0 Å². The number of benzene rings is 12. The summed E-state index contributed by atoms with van der Waals surface area (Å²) in [6.07, 6.45) is -0.444. The Hall–Kier alpha value is -12.6. The van der Waals surface area contributed by atoms with Gasteiger partial charge in [0.15, 0.2) is 0 Å². The summed E-state index contributed by atoms with van der Waals surface area (Å²) in [5.74, 6) is -1.26. The first kappa shape index (κ1) is 63.5. The summed E-state index contributed by atoms with van der Waals surface area (Å²) in [7, 11) is 0. The Balaban J connectivity index is 0.648. The van der Waals surface area contributed by atoms with Crippen LogP contribution in [0.3, 0.4) is 0 Å². The van der Waals surface area contributed by atoms with E-state index in [1.807, 2.05) is 140 Å². The molecule has 15 nitrogen and oxygen atoms in total. The molecule has 12 aromatic carbocycles. The van der Waals surface area contributed by atoms with E-state index in [9.17, 15) is 40.2 Å². The van der Waals surface area contributed by atoms with Crippen molar-refractivity contribution in [1.29, 1.82) is 0 Å². The third-order valence-electron chi connectivity index (χ3n) is 19.8. The van der Waals surface area contributed by atoms with Crippen LogP contribution < -0.4 is 31.2 Å². The summed E-state index contributed by atoms with van der Waals surface area (Å²) in [5.41, 5.74) is 22.2. The van der Waals surface area contributed by atoms with Crippen LogP contribution in [0.5, 0.6) is 34.5 Å². The molecule has 0 aromatic heterocycles. The summed E-state index contributed by atoms with van der Waals surface area (Å²) in [6, 6.07) is 86.0. The molecule has 15 rings (SSSR count). The van der Waals surface area contributed by atoms with Crippen molar-refractivity contribution in [3.05, 3.63) is 346 Å². The molecule has 0 radical (unpaired) electrons. The fourth-order valence-electron chi connectivity index (χ4n) is 15.4. The van der Waals surface area contributed by atoms with Crippen LogP contribution in [-0.4, -0.2) is 86.1 Å². The molecule has 0 heterocycles. The third kappa shape index (κ3) is 10.7. The van der Waals surface area contributed by atoms with Crippen LogP contribution in [0.1, 0.15) is 66.8 Å². The van der Waals surface area contributed by atoms with Crippen molar-refractivity contribution in [2.75, 3.05) is 48.0 Å². The summed E-state index contributed by atoms with van der Waals surface area (Å²) in [4.78, 5) is 24.1. The normalized spacial score (nSPS) is 14.3. The monoisotopic (exact) mass is 1320 g/mol. The van der Waals surface area contributed by atoms with Crippen LogP contribution in [0.2, 0.25) is 0 Å². The van der Waals surface area contributed by atoms with Crippen molar-refractivity contribution in [2.45, 2.75) is 28.5 Å². The van der Waals surface area contributed by atoms with Gasteiger partial charge >= 0.3 is 5.97 Å². The van der Waals surface area contributed by atoms with Gasteiger partial charge in [0.1, 0.15) is 59.9 Å². The molecule has 100 heavy (non-hydrogen) atoms. The van der Waals surface area contributed by atoms with E-state index in [1.165, 1.54) is 6.07 Å². The zero-order valence-electron chi connectivity index (χ0n) is 53.9. The largest absolute Gasteiger partial charge is 0.506 e. The van der Waals surface area contributed by atoms with Gasteiger partial charge in [-0.15, -0.1) is 0 Å². The van der Waals surface area contributed by atoms with Crippen molar-refractivity contribution in [3.63, 3.8) is 0 Å². The molecular weight excluding hydrogens is 1250 g/mol. The number of aliphatic hydroxyl groups excluding tert-OH is 2. The number of nitrogen functional groups attached to an aromatic ring is 1. The van der Waals surface area contributed by atoms with E-state index in [4.69, 9.17) is 20.3 Å². The lowest BCUT2D eigenvalue weighted by Gasteiger charge is -2.34. The van der Waals surface area contributed by atoms with Crippen LogP contribution in [0.4, 0.5) is 22.7 Å². The molecular formula is C85H68N4O11. The molecule has 0 aliphatic heterocycles. The molecule has 0 spiro atoms. The van der Waals surface area contributed by atoms with Gasteiger partial charge < -0.3 is 66.9 Å². The van der Waals surface area contributed by atoms with Crippen molar-refractivity contribution in [1.82, 2.24) is 0 Å². The first-order valence-corrected chi connectivity index (χ1v) is 32.9. The minimum absolute atomic E-state index is 0.00572. The number of hydrogen-bond donors (Lipinski definition) is 11. The Morgan fingerprint density at radius 3 is 1.00 bits per heavy atom. The summed E-state index contributed by atoms with van der Waals surface area (Å²) < 4.78 is 12.6.